The maximum atomic E-state index is 12.4. The van der Waals surface area contributed by atoms with Gasteiger partial charge in [0.1, 0.15) is 0 Å². The van der Waals surface area contributed by atoms with E-state index in [-0.39, 0.29) is 17.6 Å². The molecule has 0 N–H and O–H groups in total. The topological polar surface area (TPSA) is 52.2 Å². The quantitative estimate of drug-likeness (QED) is 0.677. The number of para-hydroxylation sites is 2. The molecule has 0 spiro atoms. The van der Waals surface area contributed by atoms with Gasteiger partial charge in [-0.25, -0.2) is 4.79 Å². The van der Waals surface area contributed by atoms with Crippen molar-refractivity contribution in [3.63, 3.8) is 0 Å². The summed E-state index contributed by atoms with van der Waals surface area (Å²) in [5, 5.41) is 0. The van der Waals surface area contributed by atoms with Crippen molar-refractivity contribution in [1.29, 1.82) is 0 Å². The zero-order chi connectivity index (χ0) is 17.3. The van der Waals surface area contributed by atoms with Crippen molar-refractivity contribution in [2.24, 2.45) is 0 Å². The second kappa shape index (κ2) is 6.11. The highest BCUT2D eigenvalue weighted by molar-refractivity contribution is 5.96. The lowest BCUT2D eigenvalue weighted by Gasteiger charge is -2.19. The van der Waals surface area contributed by atoms with Gasteiger partial charge in [0.25, 0.3) is 0 Å². The molecule has 3 rings (SSSR count). The van der Waals surface area contributed by atoms with Gasteiger partial charge >= 0.3 is 5.76 Å². The van der Waals surface area contributed by atoms with Gasteiger partial charge in [-0.05, 0) is 23.1 Å². The number of aryl methyl sites for hydroxylation is 1. The van der Waals surface area contributed by atoms with Gasteiger partial charge in [-0.1, -0.05) is 57.2 Å². The first kappa shape index (κ1) is 16.2. The van der Waals surface area contributed by atoms with Gasteiger partial charge < -0.3 is 4.42 Å². The summed E-state index contributed by atoms with van der Waals surface area (Å²) in [5.41, 5.74) is 3.19. The first-order valence-corrected chi connectivity index (χ1v) is 8.08. The SMILES string of the molecule is CC(C)(C)c1ccc(C(=O)CCn2c(=O)oc3ccccc32)cc1. The van der Waals surface area contributed by atoms with E-state index in [1.807, 2.05) is 42.5 Å². The molecule has 0 aliphatic carbocycles. The van der Waals surface area contributed by atoms with Crippen LogP contribution >= 0.6 is 0 Å². The molecule has 0 fully saturated rings. The number of ketones is 1. The van der Waals surface area contributed by atoms with Crippen molar-refractivity contribution in [2.45, 2.75) is 39.2 Å². The molecule has 3 aromatic rings. The molecule has 0 bridgehead atoms. The van der Waals surface area contributed by atoms with E-state index in [4.69, 9.17) is 4.42 Å². The maximum Gasteiger partial charge on any atom is 0.419 e. The Kier molecular flexibility index (Phi) is 4.14. The number of hydrogen-bond donors (Lipinski definition) is 0. The monoisotopic (exact) mass is 323 g/mol. The zero-order valence-corrected chi connectivity index (χ0v) is 14.2. The third-order valence-corrected chi connectivity index (χ3v) is 4.21. The minimum absolute atomic E-state index is 0.0210. The Morgan fingerprint density at radius 2 is 1.71 bits per heavy atom. The molecule has 0 amide bonds. The summed E-state index contributed by atoms with van der Waals surface area (Å²) in [4.78, 5) is 24.3. The van der Waals surface area contributed by atoms with Gasteiger partial charge in [0.2, 0.25) is 0 Å². The van der Waals surface area contributed by atoms with Crippen LogP contribution in [0.4, 0.5) is 0 Å². The molecule has 1 heterocycles. The highest BCUT2D eigenvalue weighted by atomic mass is 16.4. The number of benzene rings is 2. The third-order valence-electron chi connectivity index (χ3n) is 4.21. The molecule has 4 heteroatoms. The van der Waals surface area contributed by atoms with Crippen LogP contribution in [0.3, 0.4) is 0 Å². The molecule has 0 radical (unpaired) electrons. The Bertz CT molecular complexity index is 924. The maximum absolute atomic E-state index is 12.4. The van der Waals surface area contributed by atoms with Gasteiger partial charge in [0.05, 0.1) is 5.52 Å². The van der Waals surface area contributed by atoms with E-state index in [9.17, 15) is 9.59 Å². The summed E-state index contributed by atoms with van der Waals surface area (Å²) in [6, 6.07) is 14.9. The van der Waals surface area contributed by atoms with Gasteiger partial charge in [0, 0.05) is 18.5 Å². The molecule has 4 nitrogen and oxygen atoms in total. The summed E-state index contributed by atoms with van der Waals surface area (Å²) in [6.45, 7) is 6.73. The Morgan fingerprint density at radius 3 is 2.38 bits per heavy atom. The first-order valence-electron chi connectivity index (χ1n) is 8.08. The minimum Gasteiger partial charge on any atom is -0.408 e. The number of aromatic nitrogens is 1. The number of carbonyl (C=O) groups is 1. The van der Waals surface area contributed by atoms with Crippen molar-refractivity contribution in [3.8, 4) is 0 Å². The van der Waals surface area contributed by atoms with Crippen molar-refractivity contribution in [1.82, 2.24) is 4.57 Å². The zero-order valence-electron chi connectivity index (χ0n) is 14.2. The molecule has 0 unspecified atom stereocenters. The number of nitrogens with zero attached hydrogens (tertiary/aromatic N) is 1. The van der Waals surface area contributed by atoms with Crippen LogP contribution in [0.15, 0.2) is 57.7 Å². The Labute approximate surface area is 140 Å². The van der Waals surface area contributed by atoms with Crippen molar-refractivity contribution < 1.29 is 9.21 Å². The minimum atomic E-state index is -0.424. The molecule has 0 aliphatic heterocycles. The Balaban J connectivity index is 1.75. The number of rotatable bonds is 4. The number of Topliss-reactive ketones (excluding diaryl/α,β-unsaturated/α-hetero) is 1. The van der Waals surface area contributed by atoms with Crippen LogP contribution in [0.2, 0.25) is 0 Å². The smallest absolute Gasteiger partial charge is 0.408 e. The second-order valence-corrected chi connectivity index (χ2v) is 6.99. The van der Waals surface area contributed by atoms with Crippen molar-refractivity contribution >= 4 is 16.9 Å². The largest absolute Gasteiger partial charge is 0.419 e. The highest BCUT2D eigenvalue weighted by Crippen LogP contribution is 2.22. The molecule has 0 aliphatic rings. The van der Waals surface area contributed by atoms with Gasteiger partial charge in [0.15, 0.2) is 11.4 Å². The molecule has 0 saturated carbocycles. The van der Waals surface area contributed by atoms with E-state index >= 15 is 0 Å². The molecule has 124 valence electrons. The van der Waals surface area contributed by atoms with E-state index in [1.54, 1.807) is 6.07 Å². The molecule has 24 heavy (non-hydrogen) atoms. The van der Waals surface area contributed by atoms with Crippen molar-refractivity contribution in [3.05, 3.63) is 70.2 Å². The summed E-state index contributed by atoms with van der Waals surface area (Å²) >= 11 is 0. The summed E-state index contributed by atoms with van der Waals surface area (Å²) in [6.07, 6.45) is 0.262. The van der Waals surface area contributed by atoms with Crippen LogP contribution in [0.25, 0.3) is 11.1 Å². The summed E-state index contributed by atoms with van der Waals surface area (Å²) in [7, 11) is 0. The van der Waals surface area contributed by atoms with Crippen LogP contribution in [0.5, 0.6) is 0 Å². The second-order valence-electron chi connectivity index (χ2n) is 6.99. The molecule has 0 saturated heterocycles. The van der Waals surface area contributed by atoms with E-state index in [0.29, 0.717) is 17.7 Å². The van der Waals surface area contributed by atoms with Gasteiger partial charge in [-0.3, -0.25) is 9.36 Å². The number of carbonyl (C=O) groups excluding carboxylic acids is 1. The standard InChI is InChI=1S/C20H21NO3/c1-20(2,3)15-10-8-14(9-11-15)17(22)12-13-21-16-6-4-5-7-18(16)24-19(21)23/h4-11H,12-13H2,1-3H3. The lowest BCUT2D eigenvalue weighted by Crippen LogP contribution is -2.16. The predicted molar refractivity (Wildman–Crippen MR) is 94.6 cm³/mol. The third kappa shape index (κ3) is 3.18. The van der Waals surface area contributed by atoms with Crippen LogP contribution in [0, 0.1) is 0 Å². The first-order chi connectivity index (χ1) is 11.4. The Morgan fingerprint density at radius 1 is 1.04 bits per heavy atom. The van der Waals surface area contributed by atoms with Crippen LogP contribution < -0.4 is 5.76 Å². The van der Waals surface area contributed by atoms with E-state index in [1.165, 1.54) is 10.1 Å². The van der Waals surface area contributed by atoms with E-state index in [0.717, 1.165) is 5.52 Å². The van der Waals surface area contributed by atoms with Gasteiger partial charge in [-0.2, -0.15) is 0 Å². The molecule has 2 aromatic carbocycles. The van der Waals surface area contributed by atoms with Crippen LogP contribution in [-0.2, 0) is 12.0 Å². The summed E-state index contributed by atoms with van der Waals surface area (Å²) < 4.78 is 6.70. The van der Waals surface area contributed by atoms with Gasteiger partial charge in [-0.15, -0.1) is 0 Å². The molecular formula is C20H21NO3. The van der Waals surface area contributed by atoms with Crippen LogP contribution in [0.1, 0.15) is 43.1 Å². The Hall–Kier alpha value is -2.62. The summed E-state index contributed by atoms with van der Waals surface area (Å²) in [5.74, 6) is -0.403. The average Bonchev–Trinajstić information content (AvgIpc) is 2.87. The van der Waals surface area contributed by atoms with Crippen molar-refractivity contribution in [2.75, 3.05) is 0 Å². The fourth-order valence-electron chi connectivity index (χ4n) is 2.74. The highest BCUT2D eigenvalue weighted by Gasteiger charge is 2.15. The van der Waals surface area contributed by atoms with Crippen LogP contribution in [-0.4, -0.2) is 10.4 Å². The molecular weight excluding hydrogens is 302 g/mol. The lowest BCUT2D eigenvalue weighted by atomic mass is 9.86. The number of fused-ring (bicyclic) bond motifs is 1. The number of hydrogen-bond acceptors (Lipinski definition) is 3. The van der Waals surface area contributed by atoms with E-state index in [2.05, 4.69) is 20.8 Å². The molecule has 1 aromatic heterocycles. The fourth-order valence-corrected chi connectivity index (χ4v) is 2.74. The number of oxazole rings is 1. The normalized spacial score (nSPS) is 11.8. The predicted octanol–water partition coefficient (Wildman–Crippen LogP) is 4.17. The van der Waals surface area contributed by atoms with E-state index < -0.39 is 5.76 Å². The average molecular weight is 323 g/mol. The lowest BCUT2D eigenvalue weighted by molar-refractivity contribution is 0.0977. The fraction of sp³-hybridized carbons (Fsp3) is 0.300. The molecule has 0 atom stereocenters.